The molecule has 31 N–H and O–H groups in total. The van der Waals surface area contributed by atoms with Crippen LogP contribution >= 0.6 is 37.0 Å². The fraction of sp³-hybridized carbons (Fsp3) is 0.495. The van der Waals surface area contributed by atoms with Crippen LogP contribution in [0.3, 0.4) is 0 Å². The third-order valence-electron chi connectivity index (χ3n) is 25.4. The van der Waals surface area contributed by atoms with Crippen LogP contribution in [-0.2, 0) is 109 Å². The summed E-state index contributed by atoms with van der Waals surface area (Å²) in [5, 5.41) is 141. The number of carbonyl (C=O) groups is 16. The molecule has 9 rings (SSSR count). The number of hydrogen-bond donors (Lipinski definition) is 31. The Hall–Kier alpha value is -13.1. The first-order chi connectivity index (χ1) is 70.9. The Morgan fingerprint density at radius 3 is 1.24 bits per heavy atom. The van der Waals surface area contributed by atoms with Crippen LogP contribution in [0.2, 0.25) is 0 Å². The van der Waals surface area contributed by atoms with E-state index in [9.17, 15) is 104 Å². The molecule has 0 saturated carbocycles. The molecular weight excluding hydrogens is 1980 g/mol. The fourth-order valence-electron chi connectivity index (χ4n) is 17.5. The van der Waals surface area contributed by atoms with Gasteiger partial charge in [0.1, 0.15) is 96.1 Å². The maximum Gasteiger partial charge on any atom is 0.328 e. The summed E-state index contributed by atoms with van der Waals surface area (Å²) in [6.45, 7) is 0.602. The van der Waals surface area contributed by atoms with E-state index in [1.54, 1.807) is 60.8 Å². The van der Waals surface area contributed by atoms with Gasteiger partial charge in [-0.3, -0.25) is 76.8 Å². The molecule has 49 heteroatoms. The molecule has 46 nitrogen and oxygen atoms in total. The molecule has 0 radical (unpaired) electrons. The first-order valence-electron chi connectivity index (χ1n) is 48.8. The number of nitrogens with one attached hydrogen (secondary N) is 17. The van der Waals surface area contributed by atoms with Crippen molar-refractivity contribution in [3.63, 3.8) is 0 Å². The zero-order chi connectivity index (χ0) is 108. The highest BCUT2D eigenvalue weighted by Gasteiger charge is 2.44. The number of benzene rings is 5. The Kier molecular flexibility index (Phi) is 47.4. The molecule has 2 unspecified atom stereocenters. The number of aliphatic hydroxyl groups is 7. The second kappa shape index (κ2) is 59.2. The van der Waals surface area contributed by atoms with Crippen LogP contribution in [0.15, 0.2) is 134 Å². The molecule has 2 aromatic heterocycles. The second-order valence-electron chi connectivity index (χ2n) is 36.6. The first kappa shape index (κ1) is 118. The highest BCUT2D eigenvalue weighted by molar-refractivity contribution is 7.99. The molecule has 2 aliphatic rings. The number of fused-ring (bicyclic) bond motifs is 3. The van der Waals surface area contributed by atoms with E-state index in [1.807, 2.05) is 0 Å². The minimum absolute atomic E-state index is 0.0713. The van der Waals surface area contributed by atoms with Gasteiger partial charge in [0.15, 0.2) is 6.04 Å². The minimum atomic E-state index is -2.02. The normalized spacial score (nSPS) is 17.2. The summed E-state index contributed by atoms with van der Waals surface area (Å²) in [6, 6.07) is 6.21. The molecule has 0 bridgehead atoms. The number of aromatic amines is 2. The molecule has 1 saturated heterocycles. The topological polar surface area (TPSA) is 743 Å². The number of phenols is 2. The lowest BCUT2D eigenvalue weighted by Crippen LogP contribution is -2.62. The number of thioether (sulfide) groups is 1. The zero-order valence-electron chi connectivity index (χ0n) is 82.0. The van der Waals surface area contributed by atoms with Crippen molar-refractivity contribution < 1.29 is 128 Å². The summed E-state index contributed by atoms with van der Waals surface area (Å²) in [6.07, 6.45) is 2.23. The number of hydrogen-bond acceptors (Lipinski definition) is 31. The molecule has 1 aliphatic carbocycles. The summed E-state index contributed by atoms with van der Waals surface area (Å²) < 4.78 is 0. The Bertz CT molecular complexity index is 5650. The Morgan fingerprint density at radius 1 is 0.419 bits per heavy atom. The lowest BCUT2D eigenvalue weighted by Gasteiger charge is -2.47. The van der Waals surface area contributed by atoms with Crippen LogP contribution in [0.4, 0.5) is 0 Å². The molecule has 3 heterocycles. The molecule has 1 fully saturated rings. The summed E-state index contributed by atoms with van der Waals surface area (Å²) in [5.41, 5.74) is 17.6. The van der Waals surface area contributed by atoms with E-state index in [4.69, 9.17) is 11.5 Å². The zero-order valence-corrected chi connectivity index (χ0v) is 84.6. The number of carbonyl (C=O) groups excluding carboxylic acids is 15. The predicted molar refractivity (Wildman–Crippen MR) is 551 cm³/mol. The summed E-state index contributed by atoms with van der Waals surface area (Å²) in [4.78, 5) is 236. The number of aliphatic carboxylic acids is 1. The van der Waals surface area contributed by atoms with Gasteiger partial charge in [-0.2, -0.15) is 37.0 Å². The Morgan fingerprint density at radius 2 is 0.791 bits per heavy atom. The number of phenolic OH excluding ortho intramolecular Hbond substituents is 2. The van der Waals surface area contributed by atoms with Gasteiger partial charge in [-0.1, -0.05) is 91.9 Å². The smallest absolute Gasteiger partial charge is 0.328 e. The van der Waals surface area contributed by atoms with Crippen LogP contribution in [-0.4, -0.2) is 352 Å². The van der Waals surface area contributed by atoms with Gasteiger partial charge in [0.2, 0.25) is 88.6 Å². The number of aromatic hydroxyl groups is 2. The van der Waals surface area contributed by atoms with Crippen molar-refractivity contribution in [2.24, 2.45) is 17.4 Å². The molecule has 7 aromatic rings. The van der Waals surface area contributed by atoms with E-state index in [1.165, 1.54) is 76.8 Å². The van der Waals surface area contributed by atoms with Gasteiger partial charge >= 0.3 is 5.97 Å². The van der Waals surface area contributed by atoms with Crippen molar-refractivity contribution >= 4 is 153 Å². The molecule has 806 valence electrons. The molecule has 15 amide bonds. The lowest BCUT2D eigenvalue weighted by molar-refractivity contribution is -0.145. The average molecular weight is 2120 g/mol. The minimum Gasteiger partial charge on any atom is -0.508 e. The maximum atomic E-state index is 15.3. The number of nitrogens with zero attached hydrogens (tertiary/aromatic N) is 1. The van der Waals surface area contributed by atoms with Gasteiger partial charge in [0.05, 0.1) is 51.0 Å². The van der Waals surface area contributed by atoms with Gasteiger partial charge in [-0.05, 0) is 173 Å². The van der Waals surface area contributed by atoms with Gasteiger partial charge in [0, 0.05) is 89.9 Å². The van der Waals surface area contributed by atoms with Crippen LogP contribution < -0.4 is 91.2 Å². The van der Waals surface area contributed by atoms with E-state index in [-0.39, 0.29) is 87.1 Å². The molecule has 1 aliphatic heterocycles. The lowest BCUT2D eigenvalue weighted by atomic mass is 9.72. The molecule has 5 aromatic carbocycles. The van der Waals surface area contributed by atoms with E-state index in [0.717, 1.165) is 51.7 Å². The number of piperidine rings is 1. The average Bonchev–Trinajstić information content (AvgIpc) is 1.72. The number of aliphatic hydroxyl groups excluding tert-OH is 7. The number of unbranched alkanes of at least 4 members (excludes halogenated alkanes) is 2. The van der Waals surface area contributed by atoms with Crippen molar-refractivity contribution in [3.8, 4) is 11.5 Å². The van der Waals surface area contributed by atoms with Gasteiger partial charge in [-0.15, -0.1) is 0 Å². The number of rotatable bonds is 61. The van der Waals surface area contributed by atoms with Crippen LogP contribution in [0.1, 0.15) is 111 Å². The van der Waals surface area contributed by atoms with Gasteiger partial charge < -0.3 is 152 Å². The third kappa shape index (κ3) is 34.5. The quantitative estimate of drug-likeness (QED) is 0.0125. The van der Waals surface area contributed by atoms with Crippen LogP contribution in [0, 0.1) is 5.92 Å². The van der Waals surface area contributed by atoms with E-state index in [0.29, 0.717) is 51.4 Å². The standard InChI is InChI=1S/C99H136N20O26S3/c1-4-33-119-42-57(34-64-63-18-14-22-66-82(63)59(41-103-66)39-80(64)119)50-148-51-81(129)104-73(43-120)91(136)111-75(45-122)93(138)113-77(47-124)95(140)114-76(46-123)94(139)112-74(44-121)92(137)106-67(20-10-12-31-100)85(130)107-70(36-55-23-27-60(127)28-24-55)87(132)108-71(37-56-25-29-61(128)30-26-56)89(134)115-78(48-146)96(141)109-69(35-54-15-6-5-7-16-54)88(133)110-72(38-58-40-102-65-19-9-8-17-62(58)65)90(135)105-68(21-11-13-32-101)86(131)117-83(52(2)125)98(143)116-79(49-147)97(142)118-84(53(3)126)99(144)145/h5-9,14-19,22-30,40-41,52-53,57,64,67-80,83-84,102-103,120-128,146-147H,4,10-13,20-21,31-39,42-51,100-101H2,1-3H3,(H,104,129)(H,105,135)(H,106,137)(H,107,130)(H,108,132)(H,109,141)(H,110,133)(H,111,136)(H,112,139)(H,113,138)(H,114,140)(H,115,134)(H,116,143)(H,117,131)(H,118,142)(H,144,145)/t52-,53-,57-,64?,67+,68+,69+,70-,71-,72-,73+,74+,75+,76+,77+,78+,79+,80?,83+,84+/m1/s1. The van der Waals surface area contributed by atoms with Crippen molar-refractivity contribution in [2.45, 2.75) is 219 Å². The molecule has 148 heavy (non-hydrogen) atoms. The fourth-order valence-corrected chi connectivity index (χ4v) is 19.0. The number of carboxylic acids is 1. The van der Waals surface area contributed by atoms with Crippen molar-refractivity contribution in [2.75, 3.05) is 82.2 Å². The predicted octanol–water partition coefficient (Wildman–Crippen LogP) is -5.30. The number of nitrogens with two attached hydrogens (primary N) is 2. The van der Waals surface area contributed by atoms with Crippen molar-refractivity contribution in [1.82, 2.24) is 94.6 Å². The molecule has 20 atom stereocenters. The SMILES string of the molecule is CCCN1C[C@H](CSCC(=O)N[C@@H](CO)C(=O)N[C@@H](CO)C(=O)N[C@@H](CO)C(=O)N[C@@H](CO)C(=O)N[C@@H](CO)C(=O)N[C@@H](CCCCN)C(=O)N[C@H](Cc2ccc(O)cc2)C(=O)N[C@H](Cc2ccc(O)cc2)C(=O)N[C@@H](CS)C(=O)N[C@@H](Cc2ccccc2)C(=O)N[C@H](Cc2c[nH]c3ccccc23)C(=O)N[C@@H](CCCCN)C(=O)N[C@H](C(=O)N[C@@H](CS)C(=O)N[C@H](C(=O)O)[C@@H](C)O)[C@@H](C)O)CC2c3cccc4[nH]cc(c34)CC21. The first-order valence-corrected chi connectivity index (χ1v) is 51.2. The number of thiol groups is 2. The van der Waals surface area contributed by atoms with E-state index < -0.39 is 255 Å². The Labute approximate surface area is 868 Å². The van der Waals surface area contributed by atoms with Crippen LogP contribution in [0.5, 0.6) is 11.5 Å². The summed E-state index contributed by atoms with van der Waals surface area (Å²) in [7, 11) is 0. The number of aromatic nitrogens is 2. The monoisotopic (exact) mass is 2120 g/mol. The number of H-pyrrole nitrogens is 2. The number of likely N-dealkylation sites (tertiary alicyclic amines) is 1. The Balaban J connectivity index is 0.859. The molecular formula is C99H136N20O26S3. The molecule has 0 spiro atoms. The van der Waals surface area contributed by atoms with E-state index in [2.05, 4.69) is 151 Å². The highest BCUT2D eigenvalue weighted by atomic mass is 32.2. The van der Waals surface area contributed by atoms with Gasteiger partial charge in [-0.25, -0.2) is 4.79 Å². The third-order valence-corrected chi connectivity index (χ3v) is 27.3. The number of amides is 15. The van der Waals surface area contributed by atoms with E-state index >= 15 is 24.0 Å². The second-order valence-corrected chi connectivity index (χ2v) is 38.3. The largest absolute Gasteiger partial charge is 0.508 e. The highest BCUT2D eigenvalue weighted by Crippen LogP contribution is 2.45. The summed E-state index contributed by atoms with van der Waals surface area (Å²) in [5.74, 6) is -18.5. The van der Waals surface area contributed by atoms with Crippen LogP contribution in [0.25, 0.3) is 21.8 Å². The van der Waals surface area contributed by atoms with Crippen molar-refractivity contribution in [3.05, 3.63) is 167 Å². The van der Waals surface area contributed by atoms with Crippen molar-refractivity contribution in [1.29, 1.82) is 0 Å². The number of para-hydroxylation sites is 1. The maximum absolute atomic E-state index is 15.3. The van der Waals surface area contributed by atoms with Gasteiger partial charge in [0.25, 0.3) is 0 Å². The summed E-state index contributed by atoms with van der Waals surface area (Å²) >= 11 is 9.92. The number of carboxylic acid groups (broad SMARTS) is 1.